The molecule has 2 aromatic carbocycles. The van der Waals surface area contributed by atoms with E-state index in [4.69, 9.17) is 4.74 Å². The lowest BCUT2D eigenvalue weighted by Gasteiger charge is -2.12. The van der Waals surface area contributed by atoms with Crippen molar-refractivity contribution in [3.8, 4) is 5.75 Å². The average molecular weight is 327 g/mol. The van der Waals surface area contributed by atoms with Crippen LogP contribution in [0.2, 0.25) is 0 Å². The van der Waals surface area contributed by atoms with Crippen LogP contribution in [-0.4, -0.2) is 30.0 Å². The SMILES string of the molecule is O=C(NCCNc1ccccc1[N+](=O)[O-])[C@H]1Cc2ccccc2O1. The molecule has 2 aromatic rings. The lowest BCUT2D eigenvalue weighted by molar-refractivity contribution is -0.384. The van der Waals surface area contributed by atoms with Gasteiger partial charge in [0.05, 0.1) is 4.92 Å². The van der Waals surface area contributed by atoms with Gasteiger partial charge in [0, 0.05) is 25.6 Å². The number of nitro benzene ring substituents is 1. The van der Waals surface area contributed by atoms with Crippen LogP contribution < -0.4 is 15.4 Å². The van der Waals surface area contributed by atoms with E-state index in [9.17, 15) is 14.9 Å². The molecule has 0 bridgehead atoms. The van der Waals surface area contributed by atoms with E-state index in [1.165, 1.54) is 6.07 Å². The largest absolute Gasteiger partial charge is 0.480 e. The average Bonchev–Trinajstić information content (AvgIpc) is 3.03. The highest BCUT2D eigenvalue weighted by molar-refractivity contribution is 5.82. The van der Waals surface area contributed by atoms with E-state index in [0.717, 1.165) is 11.3 Å². The Morgan fingerprint density at radius 2 is 1.92 bits per heavy atom. The highest BCUT2D eigenvalue weighted by atomic mass is 16.6. The predicted octanol–water partition coefficient (Wildman–Crippen LogP) is 2.13. The standard InChI is InChI=1S/C17H17N3O4/c21-17(16-11-12-5-1-4-8-15(12)24-16)19-10-9-18-13-6-2-3-7-14(13)20(22)23/h1-8,16,18H,9-11H2,(H,19,21)/t16-/m1/s1. The maximum absolute atomic E-state index is 12.1. The molecule has 0 aromatic heterocycles. The number of carbonyl (C=O) groups excluding carboxylic acids is 1. The molecule has 24 heavy (non-hydrogen) atoms. The topological polar surface area (TPSA) is 93.5 Å². The lowest BCUT2D eigenvalue weighted by Crippen LogP contribution is -2.39. The molecule has 1 aliphatic rings. The summed E-state index contributed by atoms with van der Waals surface area (Å²) in [5.74, 6) is 0.561. The number of rotatable bonds is 6. The number of nitrogens with zero attached hydrogens (tertiary/aromatic N) is 1. The van der Waals surface area contributed by atoms with Gasteiger partial charge < -0.3 is 15.4 Å². The zero-order valence-electron chi connectivity index (χ0n) is 12.9. The van der Waals surface area contributed by atoms with Crippen molar-refractivity contribution in [2.45, 2.75) is 12.5 Å². The number of hydrogen-bond acceptors (Lipinski definition) is 5. The molecule has 1 amide bonds. The molecule has 1 atom stereocenters. The number of para-hydroxylation sites is 3. The summed E-state index contributed by atoms with van der Waals surface area (Å²) in [7, 11) is 0. The molecule has 0 saturated heterocycles. The third-order valence-electron chi connectivity index (χ3n) is 3.78. The Morgan fingerprint density at radius 3 is 2.71 bits per heavy atom. The normalized spacial score (nSPS) is 15.2. The summed E-state index contributed by atoms with van der Waals surface area (Å²) in [6.07, 6.45) is 0.0352. The summed E-state index contributed by atoms with van der Waals surface area (Å²) in [5.41, 5.74) is 1.47. The number of nitro groups is 1. The minimum absolute atomic E-state index is 0.0124. The summed E-state index contributed by atoms with van der Waals surface area (Å²) in [6, 6.07) is 14.0. The van der Waals surface area contributed by atoms with Crippen molar-refractivity contribution in [1.29, 1.82) is 0 Å². The Kier molecular flexibility index (Phi) is 4.60. The van der Waals surface area contributed by atoms with Gasteiger partial charge in [-0.05, 0) is 17.7 Å². The van der Waals surface area contributed by atoms with Crippen LogP contribution in [0.3, 0.4) is 0 Å². The Bertz CT molecular complexity index is 738. The summed E-state index contributed by atoms with van der Waals surface area (Å²) in [5, 5.41) is 16.7. The van der Waals surface area contributed by atoms with Gasteiger partial charge in [0.1, 0.15) is 11.4 Å². The maximum Gasteiger partial charge on any atom is 0.292 e. The number of anilines is 1. The van der Waals surface area contributed by atoms with Gasteiger partial charge in [0.15, 0.2) is 6.10 Å². The first-order valence-electron chi connectivity index (χ1n) is 7.64. The number of hydrogen-bond donors (Lipinski definition) is 2. The van der Waals surface area contributed by atoms with Crippen molar-refractivity contribution in [2.75, 3.05) is 18.4 Å². The summed E-state index contributed by atoms with van der Waals surface area (Å²) in [4.78, 5) is 22.6. The van der Waals surface area contributed by atoms with Crippen molar-refractivity contribution >= 4 is 17.3 Å². The van der Waals surface area contributed by atoms with Crippen LogP contribution in [0.5, 0.6) is 5.75 Å². The van der Waals surface area contributed by atoms with Gasteiger partial charge in [-0.15, -0.1) is 0 Å². The lowest BCUT2D eigenvalue weighted by atomic mass is 10.1. The number of benzene rings is 2. The van der Waals surface area contributed by atoms with Gasteiger partial charge in [-0.25, -0.2) is 0 Å². The van der Waals surface area contributed by atoms with E-state index in [2.05, 4.69) is 10.6 Å². The van der Waals surface area contributed by atoms with Crippen LogP contribution in [0.1, 0.15) is 5.56 Å². The first-order chi connectivity index (χ1) is 11.6. The minimum Gasteiger partial charge on any atom is -0.480 e. The van der Waals surface area contributed by atoms with Crippen LogP contribution in [0.4, 0.5) is 11.4 Å². The smallest absolute Gasteiger partial charge is 0.292 e. The van der Waals surface area contributed by atoms with Crippen molar-refractivity contribution in [1.82, 2.24) is 5.32 Å². The molecule has 0 unspecified atom stereocenters. The van der Waals surface area contributed by atoms with E-state index in [1.807, 2.05) is 24.3 Å². The van der Waals surface area contributed by atoms with Crippen LogP contribution in [0.15, 0.2) is 48.5 Å². The molecule has 1 heterocycles. The number of amides is 1. The highest BCUT2D eigenvalue weighted by Crippen LogP contribution is 2.28. The molecule has 0 saturated carbocycles. The molecular weight excluding hydrogens is 310 g/mol. The van der Waals surface area contributed by atoms with Crippen molar-refractivity contribution in [3.05, 3.63) is 64.2 Å². The maximum atomic E-state index is 12.1. The first kappa shape index (κ1) is 15.8. The second-order valence-electron chi connectivity index (χ2n) is 5.41. The van der Waals surface area contributed by atoms with Crippen molar-refractivity contribution < 1.29 is 14.5 Å². The third-order valence-corrected chi connectivity index (χ3v) is 3.78. The second-order valence-corrected chi connectivity index (χ2v) is 5.41. The van der Waals surface area contributed by atoms with E-state index >= 15 is 0 Å². The zero-order chi connectivity index (χ0) is 16.9. The molecule has 2 N–H and O–H groups in total. The summed E-state index contributed by atoms with van der Waals surface area (Å²) in [6.45, 7) is 0.733. The molecule has 7 heteroatoms. The van der Waals surface area contributed by atoms with E-state index in [1.54, 1.807) is 18.2 Å². The van der Waals surface area contributed by atoms with Gasteiger partial charge in [0.25, 0.3) is 11.6 Å². The number of ether oxygens (including phenoxy) is 1. The van der Waals surface area contributed by atoms with E-state index < -0.39 is 11.0 Å². The fourth-order valence-corrected chi connectivity index (χ4v) is 2.61. The Morgan fingerprint density at radius 1 is 1.17 bits per heavy atom. The minimum atomic E-state index is -0.520. The molecule has 0 fully saturated rings. The van der Waals surface area contributed by atoms with Gasteiger partial charge >= 0.3 is 0 Å². The molecule has 0 radical (unpaired) electrons. The van der Waals surface area contributed by atoms with Crippen LogP contribution in [0.25, 0.3) is 0 Å². The van der Waals surface area contributed by atoms with E-state index in [-0.39, 0.29) is 11.6 Å². The monoisotopic (exact) mass is 327 g/mol. The molecule has 7 nitrogen and oxygen atoms in total. The molecule has 0 aliphatic carbocycles. The third kappa shape index (κ3) is 3.45. The van der Waals surface area contributed by atoms with Crippen LogP contribution in [-0.2, 0) is 11.2 Å². The van der Waals surface area contributed by atoms with Crippen LogP contribution in [0, 0.1) is 10.1 Å². The molecule has 124 valence electrons. The number of fused-ring (bicyclic) bond motifs is 1. The highest BCUT2D eigenvalue weighted by Gasteiger charge is 2.28. The number of nitrogens with one attached hydrogen (secondary N) is 2. The van der Waals surface area contributed by atoms with Gasteiger partial charge in [-0.1, -0.05) is 30.3 Å². The number of carbonyl (C=O) groups is 1. The molecular formula is C17H17N3O4. The molecule has 3 rings (SSSR count). The van der Waals surface area contributed by atoms with Crippen LogP contribution >= 0.6 is 0 Å². The fraction of sp³-hybridized carbons (Fsp3) is 0.235. The summed E-state index contributed by atoms with van der Waals surface area (Å²) < 4.78 is 5.61. The van der Waals surface area contributed by atoms with Crippen molar-refractivity contribution in [3.63, 3.8) is 0 Å². The first-order valence-corrected chi connectivity index (χ1v) is 7.64. The Hall–Kier alpha value is -3.09. The Labute approximate surface area is 138 Å². The predicted molar refractivity (Wildman–Crippen MR) is 89.2 cm³/mol. The second kappa shape index (κ2) is 6.99. The van der Waals surface area contributed by atoms with Gasteiger partial charge in [-0.3, -0.25) is 14.9 Å². The zero-order valence-corrected chi connectivity index (χ0v) is 12.9. The molecule has 1 aliphatic heterocycles. The van der Waals surface area contributed by atoms with Crippen molar-refractivity contribution in [2.24, 2.45) is 0 Å². The Balaban J connectivity index is 1.46. The van der Waals surface area contributed by atoms with Gasteiger partial charge in [0.2, 0.25) is 0 Å². The quantitative estimate of drug-likeness (QED) is 0.481. The van der Waals surface area contributed by atoms with E-state index in [0.29, 0.717) is 25.2 Å². The molecule has 0 spiro atoms. The fourth-order valence-electron chi connectivity index (χ4n) is 2.61. The summed E-state index contributed by atoms with van der Waals surface area (Å²) >= 11 is 0. The van der Waals surface area contributed by atoms with Gasteiger partial charge in [-0.2, -0.15) is 0 Å².